The van der Waals surface area contributed by atoms with Gasteiger partial charge in [-0.1, -0.05) is 13.0 Å². The maximum absolute atomic E-state index is 12.0. The topological polar surface area (TPSA) is 75.4 Å². The number of phenols is 1. The summed E-state index contributed by atoms with van der Waals surface area (Å²) in [6.45, 7) is 5.86. The molecule has 17 heavy (non-hydrogen) atoms. The Balaban J connectivity index is 2.84. The molecule has 1 aromatic rings. The van der Waals surface area contributed by atoms with Gasteiger partial charge in [-0.2, -0.15) is 0 Å². The summed E-state index contributed by atoms with van der Waals surface area (Å²) >= 11 is 0. The van der Waals surface area contributed by atoms with Gasteiger partial charge in [0.05, 0.1) is 5.41 Å². The highest BCUT2D eigenvalue weighted by molar-refractivity contribution is 5.95. The molecular weight excluding hydrogens is 216 g/mol. The fraction of sp³-hybridized carbons (Fsp3) is 0.462. The van der Waals surface area contributed by atoms with Crippen LogP contribution in [0.4, 0.5) is 5.69 Å². The number of carbonyl (C=O) groups excluding carboxylic acids is 1. The molecule has 1 aromatic carbocycles. The third-order valence-electron chi connectivity index (χ3n) is 3.25. The molecule has 0 saturated carbocycles. The molecular formula is C13H20N2O2. The average molecular weight is 236 g/mol. The fourth-order valence-corrected chi connectivity index (χ4v) is 1.37. The van der Waals surface area contributed by atoms with Gasteiger partial charge in [0.15, 0.2) is 0 Å². The number of anilines is 1. The van der Waals surface area contributed by atoms with Gasteiger partial charge in [-0.05, 0) is 31.9 Å². The number of amides is 1. The Labute approximate surface area is 102 Å². The average Bonchev–Trinajstić information content (AvgIpc) is 2.32. The minimum Gasteiger partial charge on any atom is -0.508 e. The number of phenolic OH excluding ortho intramolecular Hbond substituents is 1. The fourth-order valence-electron chi connectivity index (χ4n) is 1.37. The van der Waals surface area contributed by atoms with E-state index in [1.807, 2.05) is 13.8 Å². The van der Waals surface area contributed by atoms with Crippen molar-refractivity contribution in [3.05, 3.63) is 23.8 Å². The van der Waals surface area contributed by atoms with Crippen LogP contribution in [0.5, 0.6) is 5.75 Å². The Morgan fingerprint density at radius 3 is 2.65 bits per heavy atom. The van der Waals surface area contributed by atoms with E-state index in [0.29, 0.717) is 18.7 Å². The van der Waals surface area contributed by atoms with E-state index >= 15 is 0 Å². The number of nitrogens with two attached hydrogens (primary N) is 1. The van der Waals surface area contributed by atoms with Crippen LogP contribution in [0.2, 0.25) is 0 Å². The van der Waals surface area contributed by atoms with Crippen molar-refractivity contribution in [2.45, 2.75) is 27.2 Å². The SMILES string of the molecule is CCC(C)(CN)C(=O)Nc1ccc(C)c(O)c1. The van der Waals surface area contributed by atoms with Gasteiger partial charge in [-0.15, -0.1) is 0 Å². The Morgan fingerprint density at radius 1 is 1.53 bits per heavy atom. The van der Waals surface area contributed by atoms with Crippen molar-refractivity contribution in [1.29, 1.82) is 0 Å². The number of hydrogen-bond donors (Lipinski definition) is 3. The summed E-state index contributed by atoms with van der Waals surface area (Å²) in [5, 5.41) is 12.3. The zero-order valence-corrected chi connectivity index (χ0v) is 10.6. The van der Waals surface area contributed by atoms with Crippen molar-refractivity contribution < 1.29 is 9.90 Å². The van der Waals surface area contributed by atoms with Crippen molar-refractivity contribution in [3.8, 4) is 5.75 Å². The number of aromatic hydroxyl groups is 1. The zero-order chi connectivity index (χ0) is 13.1. The van der Waals surface area contributed by atoms with Crippen molar-refractivity contribution in [2.24, 2.45) is 11.1 Å². The standard InChI is InChI=1S/C13H20N2O2/c1-4-13(3,8-14)12(17)15-10-6-5-9(2)11(16)7-10/h5-7,16H,4,8,14H2,1-3H3,(H,15,17). The molecule has 94 valence electrons. The van der Waals surface area contributed by atoms with E-state index in [2.05, 4.69) is 5.32 Å². The molecule has 0 heterocycles. The summed E-state index contributed by atoms with van der Waals surface area (Å²) in [5.41, 5.74) is 6.41. The Hall–Kier alpha value is -1.55. The van der Waals surface area contributed by atoms with Crippen molar-refractivity contribution in [3.63, 3.8) is 0 Å². The van der Waals surface area contributed by atoms with Crippen LogP contribution >= 0.6 is 0 Å². The van der Waals surface area contributed by atoms with Crippen LogP contribution in [0.15, 0.2) is 18.2 Å². The molecule has 1 unspecified atom stereocenters. The first kappa shape index (κ1) is 13.5. The van der Waals surface area contributed by atoms with Gasteiger partial charge in [0.25, 0.3) is 0 Å². The molecule has 4 nitrogen and oxygen atoms in total. The van der Waals surface area contributed by atoms with E-state index < -0.39 is 5.41 Å². The first-order valence-electron chi connectivity index (χ1n) is 5.74. The zero-order valence-electron chi connectivity index (χ0n) is 10.6. The third kappa shape index (κ3) is 2.97. The molecule has 0 aliphatic heterocycles. The van der Waals surface area contributed by atoms with Crippen LogP contribution in [0, 0.1) is 12.3 Å². The highest BCUT2D eigenvalue weighted by atomic mass is 16.3. The van der Waals surface area contributed by atoms with E-state index in [4.69, 9.17) is 5.73 Å². The van der Waals surface area contributed by atoms with E-state index in [0.717, 1.165) is 5.56 Å². The maximum Gasteiger partial charge on any atom is 0.231 e. The quantitative estimate of drug-likeness (QED) is 0.748. The monoisotopic (exact) mass is 236 g/mol. The molecule has 0 radical (unpaired) electrons. The Morgan fingerprint density at radius 2 is 2.18 bits per heavy atom. The summed E-state index contributed by atoms with van der Waals surface area (Å²) in [7, 11) is 0. The van der Waals surface area contributed by atoms with E-state index in [-0.39, 0.29) is 11.7 Å². The van der Waals surface area contributed by atoms with Gasteiger partial charge >= 0.3 is 0 Å². The van der Waals surface area contributed by atoms with Gasteiger partial charge in [0.2, 0.25) is 5.91 Å². The van der Waals surface area contributed by atoms with Crippen LogP contribution < -0.4 is 11.1 Å². The smallest absolute Gasteiger partial charge is 0.231 e. The molecule has 0 aliphatic rings. The molecule has 0 aliphatic carbocycles. The summed E-state index contributed by atoms with van der Waals surface area (Å²) in [6.07, 6.45) is 0.674. The minimum absolute atomic E-state index is 0.120. The number of rotatable bonds is 4. The van der Waals surface area contributed by atoms with E-state index in [1.54, 1.807) is 25.1 Å². The second-order valence-electron chi connectivity index (χ2n) is 4.57. The molecule has 1 rings (SSSR count). The largest absolute Gasteiger partial charge is 0.508 e. The minimum atomic E-state index is -0.569. The van der Waals surface area contributed by atoms with Crippen LogP contribution in [0.1, 0.15) is 25.8 Å². The lowest BCUT2D eigenvalue weighted by Gasteiger charge is -2.25. The number of benzene rings is 1. The molecule has 0 fully saturated rings. The first-order chi connectivity index (χ1) is 7.92. The lowest BCUT2D eigenvalue weighted by molar-refractivity contribution is -0.124. The molecule has 1 atom stereocenters. The van der Waals surface area contributed by atoms with Gasteiger partial charge < -0.3 is 16.2 Å². The van der Waals surface area contributed by atoms with E-state index in [1.165, 1.54) is 0 Å². The second kappa shape index (κ2) is 5.19. The number of nitrogens with one attached hydrogen (secondary N) is 1. The molecule has 0 saturated heterocycles. The summed E-state index contributed by atoms with van der Waals surface area (Å²) in [5.74, 6) is 0.0551. The molecule has 1 amide bonds. The maximum atomic E-state index is 12.0. The first-order valence-corrected chi connectivity index (χ1v) is 5.74. The van der Waals surface area contributed by atoms with Crippen LogP contribution in [-0.4, -0.2) is 17.6 Å². The van der Waals surface area contributed by atoms with Crippen molar-refractivity contribution >= 4 is 11.6 Å². The van der Waals surface area contributed by atoms with Gasteiger partial charge in [-0.3, -0.25) is 4.79 Å². The molecule has 0 bridgehead atoms. The Bertz CT molecular complexity index is 412. The lowest BCUT2D eigenvalue weighted by Crippen LogP contribution is -2.39. The number of hydrogen-bond acceptors (Lipinski definition) is 3. The van der Waals surface area contributed by atoms with E-state index in [9.17, 15) is 9.90 Å². The number of aryl methyl sites for hydroxylation is 1. The molecule has 0 spiro atoms. The predicted molar refractivity (Wildman–Crippen MR) is 68.9 cm³/mol. The normalized spacial score (nSPS) is 14.1. The summed E-state index contributed by atoms with van der Waals surface area (Å²) in [6, 6.07) is 5.07. The highest BCUT2D eigenvalue weighted by Crippen LogP contribution is 2.25. The molecule has 0 aromatic heterocycles. The highest BCUT2D eigenvalue weighted by Gasteiger charge is 2.29. The molecule has 4 heteroatoms. The van der Waals surface area contributed by atoms with Crippen LogP contribution in [0.25, 0.3) is 0 Å². The van der Waals surface area contributed by atoms with Crippen molar-refractivity contribution in [2.75, 3.05) is 11.9 Å². The third-order valence-corrected chi connectivity index (χ3v) is 3.25. The van der Waals surface area contributed by atoms with Crippen LogP contribution in [-0.2, 0) is 4.79 Å². The van der Waals surface area contributed by atoms with Crippen molar-refractivity contribution in [1.82, 2.24) is 0 Å². The second-order valence-corrected chi connectivity index (χ2v) is 4.57. The lowest BCUT2D eigenvalue weighted by atomic mass is 9.86. The van der Waals surface area contributed by atoms with Gasteiger partial charge in [0, 0.05) is 18.3 Å². The number of carbonyl (C=O) groups is 1. The Kier molecular flexibility index (Phi) is 4.12. The summed E-state index contributed by atoms with van der Waals surface area (Å²) in [4.78, 5) is 12.0. The van der Waals surface area contributed by atoms with Crippen LogP contribution in [0.3, 0.4) is 0 Å². The van der Waals surface area contributed by atoms with Gasteiger partial charge in [0.1, 0.15) is 5.75 Å². The van der Waals surface area contributed by atoms with Gasteiger partial charge in [-0.25, -0.2) is 0 Å². The molecule has 4 N–H and O–H groups in total. The predicted octanol–water partition coefficient (Wildman–Crippen LogP) is 2.01. The summed E-state index contributed by atoms with van der Waals surface area (Å²) < 4.78 is 0.